The number of H-pyrrole nitrogens is 1. The van der Waals surface area contributed by atoms with Crippen molar-refractivity contribution in [2.45, 2.75) is 50.7 Å². The van der Waals surface area contributed by atoms with E-state index in [1.165, 1.54) is 12.1 Å². The van der Waals surface area contributed by atoms with E-state index in [2.05, 4.69) is 32.2 Å². The van der Waals surface area contributed by atoms with E-state index < -0.39 is 0 Å². The SMILES string of the molecule is CC(c1cc(F)cc(Br)c1)n1ccc(-c2ccc3n[nH]c(C4CCC(O)CC4)c3c2)cc1=O. The van der Waals surface area contributed by atoms with Crippen LogP contribution in [0.2, 0.25) is 0 Å². The minimum Gasteiger partial charge on any atom is -0.393 e. The van der Waals surface area contributed by atoms with E-state index in [-0.39, 0.29) is 23.5 Å². The monoisotopic (exact) mass is 509 g/mol. The lowest BCUT2D eigenvalue weighted by atomic mass is 9.84. The molecule has 5 nitrogen and oxygen atoms in total. The van der Waals surface area contributed by atoms with Crippen LogP contribution in [0.25, 0.3) is 22.0 Å². The Hall–Kier alpha value is -2.77. The summed E-state index contributed by atoms with van der Waals surface area (Å²) in [7, 11) is 0. The molecule has 1 aliphatic rings. The molecule has 0 aliphatic heterocycles. The third kappa shape index (κ3) is 4.39. The average Bonchev–Trinajstić information content (AvgIpc) is 3.22. The van der Waals surface area contributed by atoms with Gasteiger partial charge in [-0.05, 0) is 85.7 Å². The van der Waals surface area contributed by atoms with Crippen molar-refractivity contribution >= 4 is 26.8 Å². The quantitative estimate of drug-likeness (QED) is 0.358. The second-order valence-electron chi connectivity index (χ2n) is 8.91. The first kappa shape index (κ1) is 22.0. The van der Waals surface area contributed by atoms with Gasteiger partial charge in [0.1, 0.15) is 5.82 Å². The number of fused-ring (bicyclic) bond motifs is 1. The molecule has 0 bridgehead atoms. The molecule has 33 heavy (non-hydrogen) atoms. The number of aliphatic hydroxyl groups excluding tert-OH is 1. The van der Waals surface area contributed by atoms with Crippen molar-refractivity contribution in [2.75, 3.05) is 0 Å². The van der Waals surface area contributed by atoms with Gasteiger partial charge in [0.25, 0.3) is 5.56 Å². The highest BCUT2D eigenvalue weighted by atomic mass is 79.9. The van der Waals surface area contributed by atoms with E-state index in [1.807, 2.05) is 31.2 Å². The van der Waals surface area contributed by atoms with Crippen LogP contribution in [-0.4, -0.2) is 26.0 Å². The normalized spacial score (nSPS) is 19.6. The lowest BCUT2D eigenvalue weighted by molar-refractivity contribution is 0.122. The lowest BCUT2D eigenvalue weighted by Crippen LogP contribution is -2.22. The van der Waals surface area contributed by atoms with Crippen molar-refractivity contribution in [1.29, 1.82) is 0 Å². The van der Waals surface area contributed by atoms with Gasteiger partial charge in [0.05, 0.1) is 17.7 Å². The molecular weight excluding hydrogens is 485 g/mol. The minimum atomic E-state index is -0.340. The number of hydrogen-bond acceptors (Lipinski definition) is 3. The molecule has 1 saturated carbocycles. The molecule has 1 atom stereocenters. The van der Waals surface area contributed by atoms with Gasteiger partial charge in [0.2, 0.25) is 0 Å². The summed E-state index contributed by atoms with van der Waals surface area (Å²) in [5.41, 5.74) is 4.37. The van der Waals surface area contributed by atoms with Gasteiger partial charge in [-0.1, -0.05) is 22.0 Å². The van der Waals surface area contributed by atoms with Gasteiger partial charge in [-0.2, -0.15) is 5.10 Å². The van der Waals surface area contributed by atoms with E-state index >= 15 is 0 Å². The van der Waals surface area contributed by atoms with Gasteiger partial charge < -0.3 is 9.67 Å². The summed E-state index contributed by atoms with van der Waals surface area (Å²) >= 11 is 3.32. The van der Waals surface area contributed by atoms with E-state index in [4.69, 9.17) is 0 Å². The fraction of sp³-hybridized carbons (Fsp3) is 0.308. The smallest absolute Gasteiger partial charge is 0.251 e. The van der Waals surface area contributed by atoms with Crippen LogP contribution < -0.4 is 5.56 Å². The number of hydrogen-bond donors (Lipinski definition) is 2. The Bertz CT molecular complexity index is 1350. The maximum atomic E-state index is 13.8. The van der Waals surface area contributed by atoms with Gasteiger partial charge in [-0.25, -0.2) is 4.39 Å². The fourth-order valence-corrected chi connectivity index (χ4v) is 5.33. The highest BCUT2D eigenvalue weighted by molar-refractivity contribution is 9.10. The molecule has 1 aliphatic carbocycles. The van der Waals surface area contributed by atoms with E-state index in [1.54, 1.807) is 16.8 Å². The summed E-state index contributed by atoms with van der Waals surface area (Å²) < 4.78 is 16.1. The summed E-state index contributed by atoms with van der Waals surface area (Å²) in [6.07, 6.45) is 5.06. The number of nitrogens with one attached hydrogen (secondary N) is 1. The summed E-state index contributed by atoms with van der Waals surface area (Å²) in [4.78, 5) is 13.0. The second-order valence-corrected chi connectivity index (χ2v) is 9.83. The number of benzene rings is 2. The van der Waals surface area contributed by atoms with Crippen molar-refractivity contribution in [3.8, 4) is 11.1 Å². The fourth-order valence-electron chi connectivity index (χ4n) is 4.85. The first-order valence-electron chi connectivity index (χ1n) is 11.2. The highest BCUT2D eigenvalue weighted by Gasteiger charge is 2.24. The molecule has 0 amide bonds. The molecule has 5 rings (SSSR count). The molecule has 1 unspecified atom stereocenters. The molecule has 7 heteroatoms. The van der Waals surface area contributed by atoms with Crippen molar-refractivity contribution in [2.24, 2.45) is 0 Å². The van der Waals surface area contributed by atoms with Gasteiger partial charge in [-0.15, -0.1) is 0 Å². The molecule has 4 aromatic rings. The largest absolute Gasteiger partial charge is 0.393 e. The number of pyridine rings is 1. The molecule has 0 spiro atoms. The van der Waals surface area contributed by atoms with E-state index in [9.17, 15) is 14.3 Å². The number of aromatic nitrogens is 3. The third-order valence-corrected chi connectivity index (χ3v) is 7.21. The number of nitrogens with zero attached hydrogens (tertiary/aromatic N) is 2. The zero-order valence-corrected chi connectivity index (χ0v) is 19.8. The third-order valence-electron chi connectivity index (χ3n) is 6.75. The zero-order valence-electron chi connectivity index (χ0n) is 18.3. The average molecular weight is 510 g/mol. The summed E-state index contributed by atoms with van der Waals surface area (Å²) in [6, 6.07) is 14.0. The number of aliphatic hydroxyl groups is 1. The summed E-state index contributed by atoms with van der Waals surface area (Å²) in [5.74, 6) is 0.0145. The predicted octanol–water partition coefficient (Wildman–Crippen LogP) is 5.92. The first-order valence-corrected chi connectivity index (χ1v) is 12.0. The Morgan fingerprint density at radius 1 is 1.09 bits per heavy atom. The predicted molar refractivity (Wildman–Crippen MR) is 131 cm³/mol. The topological polar surface area (TPSA) is 70.9 Å². The van der Waals surface area contributed by atoms with Crippen LogP contribution in [0.15, 0.2) is 64.0 Å². The Morgan fingerprint density at radius 3 is 2.58 bits per heavy atom. The van der Waals surface area contributed by atoms with Crippen molar-refractivity contribution < 1.29 is 9.50 Å². The molecule has 0 radical (unpaired) electrons. The van der Waals surface area contributed by atoms with Crippen LogP contribution >= 0.6 is 15.9 Å². The maximum Gasteiger partial charge on any atom is 0.251 e. The van der Waals surface area contributed by atoms with E-state index in [0.717, 1.165) is 59.0 Å². The molecule has 2 heterocycles. The van der Waals surface area contributed by atoms with Crippen LogP contribution in [0.1, 0.15) is 55.8 Å². The van der Waals surface area contributed by atoms with Gasteiger partial charge in [-0.3, -0.25) is 9.89 Å². The van der Waals surface area contributed by atoms with Crippen LogP contribution in [0.5, 0.6) is 0 Å². The Morgan fingerprint density at radius 2 is 1.85 bits per heavy atom. The molecule has 2 aromatic heterocycles. The summed E-state index contributed by atoms with van der Waals surface area (Å²) in [5, 5.41) is 18.6. The molecule has 2 N–H and O–H groups in total. The maximum absolute atomic E-state index is 13.8. The molecule has 2 aromatic carbocycles. The van der Waals surface area contributed by atoms with Crippen molar-refractivity contribution in [3.63, 3.8) is 0 Å². The van der Waals surface area contributed by atoms with Gasteiger partial charge in [0.15, 0.2) is 0 Å². The lowest BCUT2D eigenvalue weighted by Gasteiger charge is -2.24. The Kier molecular flexibility index (Phi) is 5.93. The first-order chi connectivity index (χ1) is 15.9. The number of aromatic amines is 1. The molecule has 170 valence electrons. The highest BCUT2D eigenvalue weighted by Crippen LogP contribution is 2.36. The van der Waals surface area contributed by atoms with Gasteiger partial charge >= 0.3 is 0 Å². The minimum absolute atomic E-state index is 0.144. The number of rotatable bonds is 4. The Balaban J connectivity index is 1.47. The van der Waals surface area contributed by atoms with E-state index in [0.29, 0.717) is 10.4 Å². The number of halogens is 2. The molecular formula is C26H25BrFN3O2. The Labute approximate surface area is 199 Å². The van der Waals surface area contributed by atoms with Crippen LogP contribution in [0, 0.1) is 5.82 Å². The van der Waals surface area contributed by atoms with Crippen LogP contribution in [0.3, 0.4) is 0 Å². The van der Waals surface area contributed by atoms with Crippen LogP contribution in [-0.2, 0) is 0 Å². The second kappa shape index (κ2) is 8.88. The standard InChI is InChI=1S/C26H25BrFN3O2/c1-15(19-10-20(27)14-21(28)11-19)31-9-8-18(13-25(31)33)17-4-7-24-23(12-17)26(30-29-24)16-2-5-22(32)6-3-16/h4,7-16,22,32H,2-3,5-6H2,1H3,(H,29,30). The van der Waals surface area contributed by atoms with Gasteiger partial charge in [0, 0.05) is 33.7 Å². The van der Waals surface area contributed by atoms with Crippen LogP contribution in [0.4, 0.5) is 4.39 Å². The molecule has 1 fully saturated rings. The zero-order chi connectivity index (χ0) is 23.1. The van der Waals surface area contributed by atoms with Crippen molar-refractivity contribution in [1.82, 2.24) is 14.8 Å². The molecule has 0 saturated heterocycles. The summed E-state index contributed by atoms with van der Waals surface area (Å²) in [6.45, 7) is 1.88. The van der Waals surface area contributed by atoms with Crippen molar-refractivity contribution in [3.05, 3.63) is 86.6 Å².